The van der Waals surface area contributed by atoms with Crippen LogP contribution in [0.5, 0.6) is 5.75 Å². The first-order valence-electron chi connectivity index (χ1n) is 4.36. The molecule has 1 aromatic carbocycles. The van der Waals surface area contributed by atoms with E-state index in [1.807, 2.05) is 0 Å². The number of phenolic OH excluding ortho intramolecular Hbond substituents is 1. The van der Waals surface area contributed by atoms with Crippen LogP contribution in [0.3, 0.4) is 0 Å². The van der Waals surface area contributed by atoms with Gasteiger partial charge in [-0.1, -0.05) is 23.2 Å². The van der Waals surface area contributed by atoms with E-state index in [4.69, 9.17) is 27.6 Å². The second-order valence-corrected chi connectivity index (χ2v) is 3.82. The molecule has 5 heteroatoms. The van der Waals surface area contributed by atoms with Crippen LogP contribution in [0.25, 0.3) is 0 Å². The normalized spacial score (nSPS) is 10.4. The van der Waals surface area contributed by atoms with E-state index in [9.17, 15) is 9.90 Å². The predicted octanol–water partition coefficient (Wildman–Crippen LogP) is 3.52. The molecule has 82 valence electrons. The van der Waals surface area contributed by atoms with Gasteiger partial charge in [0.25, 0.3) is 0 Å². The molecule has 3 nitrogen and oxygen atoms in total. The highest BCUT2D eigenvalue weighted by molar-refractivity contribution is 6.45. The molecule has 16 heavy (non-hydrogen) atoms. The van der Waals surface area contributed by atoms with E-state index in [-0.39, 0.29) is 32.9 Å². The Kier molecular flexibility index (Phi) is 2.90. The van der Waals surface area contributed by atoms with Crippen LogP contribution < -0.4 is 0 Å². The highest BCUT2D eigenvalue weighted by atomic mass is 35.5. The van der Waals surface area contributed by atoms with Crippen molar-refractivity contribution in [1.29, 1.82) is 0 Å². The summed E-state index contributed by atoms with van der Waals surface area (Å²) in [6.07, 6.45) is 1.39. The summed E-state index contributed by atoms with van der Waals surface area (Å²) in [6.45, 7) is 0. The number of furan rings is 1. The van der Waals surface area contributed by atoms with Crippen LogP contribution >= 0.6 is 23.2 Å². The van der Waals surface area contributed by atoms with E-state index in [1.165, 1.54) is 24.5 Å². The number of carbonyl (C=O) groups excluding carboxylic acids is 1. The van der Waals surface area contributed by atoms with Crippen molar-refractivity contribution in [2.75, 3.05) is 0 Å². The lowest BCUT2D eigenvalue weighted by molar-refractivity contribution is 0.101. The largest absolute Gasteiger partial charge is 0.506 e. The molecule has 0 radical (unpaired) electrons. The first-order valence-corrected chi connectivity index (χ1v) is 5.12. The van der Waals surface area contributed by atoms with Gasteiger partial charge in [-0.25, -0.2) is 0 Å². The smallest absolute Gasteiger partial charge is 0.229 e. The van der Waals surface area contributed by atoms with Gasteiger partial charge in [-0.15, -0.1) is 0 Å². The highest BCUT2D eigenvalue weighted by Crippen LogP contribution is 2.34. The number of hydrogen-bond acceptors (Lipinski definition) is 3. The van der Waals surface area contributed by atoms with E-state index in [0.29, 0.717) is 0 Å². The van der Waals surface area contributed by atoms with Gasteiger partial charge >= 0.3 is 0 Å². The molecule has 0 unspecified atom stereocenters. The Balaban J connectivity index is 2.50. The summed E-state index contributed by atoms with van der Waals surface area (Å²) in [4.78, 5) is 11.9. The summed E-state index contributed by atoms with van der Waals surface area (Å²) in [5, 5.41) is 9.26. The van der Waals surface area contributed by atoms with E-state index in [2.05, 4.69) is 0 Å². The van der Waals surface area contributed by atoms with E-state index < -0.39 is 0 Å². The van der Waals surface area contributed by atoms with Gasteiger partial charge in [0.15, 0.2) is 5.76 Å². The Morgan fingerprint density at radius 3 is 2.56 bits per heavy atom. The summed E-state index contributed by atoms with van der Waals surface area (Å²) < 4.78 is 4.96. The SMILES string of the molecule is O=C(c1ccco1)c1ccc(O)c(Cl)c1Cl. The maximum Gasteiger partial charge on any atom is 0.229 e. The van der Waals surface area contributed by atoms with Crippen molar-refractivity contribution < 1.29 is 14.3 Å². The monoisotopic (exact) mass is 256 g/mol. The molecule has 0 spiro atoms. The fourth-order valence-electron chi connectivity index (χ4n) is 1.26. The van der Waals surface area contributed by atoms with Crippen LogP contribution in [0, 0.1) is 0 Å². The Hall–Kier alpha value is -1.45. The van der Waals surface area contributed by atoms with Crippen molar-refractivity contribution in [3.63, 3.8) is 0 Å². The van der Waals surface area contributed by atoms with Gasteiger partial charge < -0.3 is 9.52 Å². The molecule has 1 N–H and O–H groups in total. The molecular weight excluding hydrogens is 251 g/mol. The lowest BCUT2D eigenvalue weighted by Gasteiger charge is -2.04. The summed E-state index contributed by atoms with van der Waals surface area (Å²) in [7, 11) is 0. The number of phenols is 1. The van der Waals surface area contributed by atoms with Crippen LogP contribution in [0.1, 0.15) is 16.1 Å². The minimum Gasteiger partial charge on any atom is -0.506 e. The number of halogens is 2. The van der Waals surface area contributed by atoms with Crippen molar-refractivity contribution in [2.45, 2.75) is 0 Å². The number of hydrogen-bond donors (Lipinski definition) is 1. The van der Waals surface area contributed by atoms with Gasteiger partial charge in [0.05, 0.1) is 11.3 Å². The van der Waals surface area contributed by atoms with E-state index >= 15 is 0 Å². The predicted molar refractivity (Wildman–Crippen MR) is 60.3 cm³/mol. The van der Waals surface area contributed by atoms with Crippen molar-refractivity contribution in [3.05, 3.63) is 51.9 Å². The summed E-state index contributed by atoms with van der Waals surface area (Å²) in [5.74, 6) is -0.372. The molecule has 0 aliphatic rings. The second kappa shape index (κ2) is 4.20. The van der Waals surface area contributed by atoms with Crippen LogP contribution in [-0.2, 0) is 0 Å². The second-order valence-electron chi connectivity index (χ2n) is 3.07. The molecule has 0 amide bonds. The Labute approximate surface area is 101 Å². The average Bonchev–Trinajstić information content (AvgIpc) is 2.79. The van der Waals surface area contributed by atoms with Crippen LogP contribution in [0.4, 0.5) is 0 Å². The molecule has 0 aliphatic carbocycles. The van der Waals surface area contributed by atoms with Crippen LogP contribution in [0.15, 0.2) is 34.9 Å². The zero-order chi connectivity index (χ0) is 11.7. The van der Waals surface area contributed by atoms with Gasteiger partial charge in [-0.3, -0.25) is 4.79 Å². The Morgan fingerprint density at radius 2 is 1.94 bits per heavy atom. The fourth-order valence-corrected chi connectivity index (χ4v) is 1.67. The third-order valence-corrected chi connectivity index (χ3v) is 2.92. The first kappa shape index (κ1) is 11.0. The number of carbonyl (C=O) groups is 1. The molecule has 1 heterocycles. The third-order valence-electron chi connectivity index (χ3n) is 2.05. The minimum absolute atomic E-state index is 0.0167. The molecule has 0 aliphatic heterocycles. The first-order chi connectivity index (χ1) is 7.61. The Bertz CT molecular complexity index is 532. The van der Waals surface area contributed by atoms with E-state index in [1.54, 1.807) is 6.07 Å². The zero-order valence-electron chi connectivity index (χ0n) is 7.91. The lowest BCUT2D eigenvalue weighted by atomic mass is 10.1. The summed E-state index contributed by atoms with van der Waals surface area (Å²) in [5.41, 5.74) is 0.194. The van der Waals surface area contributed by atoms with Crippen LogP contribution in [-0.4, -0.2) is 10.9 Å². The van der Waals surface area contributed by atoms with E-state index in [0.717, 1.165) is 0 Å². The van der Waals surface area contributed by atoms with Crippen molar-refractivity contribution in [1.82, 2.24) is 0 Å². The zero-order valence-corrected chi connectivity index (χ0v) is 9.42. The quantitative estimate of drug-likeness (QED) is 0.837. The number of aromatic hydroxyl groups is 1. The van der Waals surface area contributed by atoms with Crippen molar-refractivity contribution in [2.24, 2.45) is 0 Å². The van der Waals surface area contributed by atoms with Gasteiger partial charge in [0.2, 0.25) is 5.78 Å². The molecule has 0 fully saturated rings. The van der Waals surface area contributed by atoms with Gasteiger partial charge in [-0.05, 0) is 24.3 Å². The fraction of sp³-hybridized carbons (Fsp3) is 0. The molecule has 0 saturated carbocycles. The highest BCUT2D eigenvalue weighted by Gasteiger charge is 2.18. The minimum atomic E-state index is -0.378. The molecule has 2 rings (SSSR count). The molecule has 0 saturated heterocycles. The standard InChI is InChI=1S/C11H6Cl2O3/c12-9-6(3-4-7(14)10(9)13)11(15)8-2-1-5-16-8/h1-5,14H. The number of rotatable bonds is 2. The van der Waals surface area contributed by atoms with Crippen molar-refractivity contribution in [3.8, 4) is 5.75 Å². The number of ketones is 1. The molecule has 2 aromatic rings. The van der Waals surface area contributed by atoms with Crippen molar-refractivity contribution >= 4 is 29.0 Å². The van der Waals surface area contributed by atoms with Crippen LogP contribution in [0.2, 0.25) is 10.0 Å². The Morgan fingerprint density at radius 1 is 1.19 bits per heavy atom. The molecule has 1 aromatic heterocycles. The topological polar surface area (TPSA) is 50.4 Å². The molecular formula is C11H6Cl2O3. The third kappa shape index (κ3) is 1.79. The van der Waals surface area contributed by atoms with Gasteiger partial charge in [-0.2, -0.15) is 0 Å². The number of benzene rings is 1. The average molecular weight is 257 g/mol. The summed E-state index contributed by atoms with van der Waals surface area (Å²) in [6, 6.07) is 5.83. The lowest BCUT2D eigenvalue weighted by Crippen LogP contribution is -2.00. The maximum atomic E-state index is 11.9. The summed E-state index contributed by atoms with van der Waals surface area (Å²) >= 11 is 11.6. The van der Waals surface area contributed by atoms with Gasteiger partial charge in [0.1, 0.15) is 10.8 Å². The van der Waals surface area contributed by atoms with Gasteiger partial charge in [0, 0.05) is 5.56 Å². The maximum absolute atomic E-state index is 11.9. The molecule has 0 atom stereocenters. The molecule has 0 bridgehead atoms.